The third-order valence-corrected chi connectivity index (χ3v) is 6.27. The van der Waals surface area contributed by atoms with Gasteiger partial charge in [0.05, 0.1) is 5.60 Å². The van der Waals surface area contributed by atoms with Crippen molar-refractivity contribution in [3.05, 3.63) is 35.4 Å². The predicted molar refractivity (Wildman–Crippen MR) is 96.4 cm³/mol. The van der Waals surface area contributed by atoms with Crippen molar-refractivity contribution in [2.75, 3.05) is 32.9 Å². The number of amides is 1. The Kier molecular flexibility index (Phi) is 5.46. The van der Waals surface area contributed by atoms with E-state index in [9.17, 15) is 13.6 Å². The van der Waals surface area contributed by atoms with Crippen molar-refractivity contribution in [2.45, 2.75) is 44.1 Å². The minimum Gasteiger partial charge on any atom is -0.381 e. The molecule has 2 aliphatic heterocycles. The average molecular weight is 379 g/mol. The SMILES string of the molecule is O=C(c1cc(F)cc(F)c1)N1CCC2(CC1)OCC[C@H]2CCOCC1CC1. The van der Waals surface area contributed by atoms with E-state index in [0.29, 0.717) is 19.0 Å². The van der Waals surface area contributed by atoms with E-state index in [-0.39, 0.29) is 17.1 Å². The molecule has 1 spiro atoms. The predicted octanol–water partition coefficient (Wildman–Crippen LogP) is 3.79. The minimum atomic E-state index is -0.725. The van der Waals surface area contributed by atoms with Crippen molar-refractivity contribution in [1.29, 1.82) is 0 Å². The standard InChI is InChI=1S/C21H27F2NO3/c22-18-11-16(12-19(23)13-18)20(25)24-7-5-21(6-8-24)17(4-10-27-21)3-9-26-14-15-1-2-15/h11-13,15,17H,1-10,14H2/t17-/m1/s1. The Morgan fingerprint density at radius 3 is 2.52 bits per heavy atom. The van der Waals surface area contributed by atoms with Crippen LogP contribution in [0.2, 0.25) is 0 Å². The van der Waals surface area contributed by atoms with Crippen LogP contribution in [0.4, 0.5) is 8.78 Å². The van der Waals surface area contributed by atoms with Gasteiger partial charge in [0.1, 0.15) is 11.6 Å². The lowest BCUT2D eigenvalue weighted by atomic mass is 9.78. The largest absolute Gasteiger partial charge is 0.381 e. The van der Waals surface area contributed by atoms with Gasteiger partial charge in [0.25, 0.3) is 5.91 Å². The summed E-state index contributed by atoms with van der Waals surface area (Å²) in [6.07, 6.45) is 6.17. The number of hydrogen-bond donors (Lipinski definition) is 0. The summed E-state index contributed by atoms with van der Waals surface area (Å²) in [5.74, 6) is -0.527. The van der Waals surface area contributed by atoms with E-state index in [1.54, 1.807) is 4.90 Å². The number of carbonyl (C=O) groups excluding carboxylic acids is 1. The molecule has 148 valence electrons. The Labute approximate surface area is 158 Å². The van der Waals surface area contributed by atoms with Crippen LogP contribution in [-0.2, 0) is 9.47 Å². The van der Waals surface area contributed by atoms with Crippen LogP contribution in [0.5, 0.6) is 0 Å². The Bertz CT molecular complexity index is 664. The molecule has 1 amide bonds. The van der Waals surface area contributed by atoms with Crippen LogP contribution < -0.4 is 0 Å². The van der Waals surface area contributed by atoms with Crippen molar-refractivity contribution < 1.29 is 23.0 Å². The summed E-state index contributed by atoms with van der Waals surface area (Å²) < 4.78 is 38.8. The highest BCUT2D eigenvalue weighted by atomic mass is 19.1. The molecule has 0 N–H and O–H groups in total. The second-order valence-corrected chi connectivity index (χ2v) is 8.16. The molecule has 0 bridgehead atoms. The molecule has 4 nitrogen and oxygen atoms in total. The van der Waals surface area contributed by atoms with Crippen LogP contribution in [0.25, 0.3) is 0 Å². The van der Waals surface area contributed by atoms with Crippen LogP contribution in [-0.4, -0.2) is 49.3 Å². The smallest absolute Gasteiger partial charge is 0.254 e. The van der Waals surface area contributed by atoms with Gasteiger partial charge >= 0.3 is 0 Å². The molecule has 4 rings (SSSR count). The normalized spacial score (nSPS) is 24.5. The summed E-state index contributed by atoms with van der Waals surface area (Å²) in [7, 11) is 0. The number of hydrogen-bond acceptors (Lipinski definition) is 3. The van der Waals surface area contributed by atoms with Crippen LogP contribution in [0.1, 0.15) is 48.9 Å². The number of nitrogens with zero attached hydrogens (tertiary/aromatic N) is 1. The molecule has 6 heteroatoms. The maximum atomic E-state index is 13.4. The fourth-order valence-electron chi connectivity index (χ4n) is 4.45. The number of likely N-dealkylation sites (tertiary alicyclic amines) is 1. The lowest BCUT2D eigenvalue weighted by Crippen LogP contribution is -2.49. The Morgan fingerprint density at radius 2 is 1.85 bits per heavy atom. The molecule has 0 unspecified atom stereocenters. The Morgan fingerprint density at radius 1 is 1.15 bits per heavy atom. The molecule has 2 heterocycles. The van der Waals surface area contributed by atoms with Crippen molar-refractivity contribution >= 4 is 5.91 Å². The first-order valence-electron chi connectivity index (χ1n) is 10.0. The molecule has 3 aliphatic rings. The van der Waals surface area contributed by atoms with Crippen LogP contribution in [0.15, 0.2) is 18.2 Å². The molecular formula is C21H27F2NO3. The first-order valence-corrected chi connectivity index (χ1v) is 10.0. The van der Waals surface area contributed by atoms with Gasteiger partial charge in [-0.05, 0) is 62.5 Å². The van der Waals surface area contributed by atoms with Crippen LogP contribution in [0, 0.1) is 23.5 Å². The average Bonchev–Trinajstić information content (AvgIpc) is 3.40. The summed E-state index contributed by atoms with van der Waals surface area (Å²) in [5, 5.41) is 0. The van der Waals surface area contributed by atoms with E-state index in [1.165, 1.54) is 12.8 Å². The number of piperidine rings is 1. The molecule has 1 atom stereocenters. The van der Waals surface area contributed by atoms with Gasteiger partial charge in [-0.25, -0.2) is 8.78 Å². The molecule has 1 aromatic carbocycles. The molecule has 0 aromatic heterocycles. The zero-order valence-electron chi connectivity index (χ0n) is 15.6. The van der Waals surface area contributed by atoms with E-state index in [4.69, 9.17) is 9.47 Å². The maximum Gasteiger partial charge on any atom is 0.254 e. The van der Waals surface area contributed by atoms with Gasteiger partial charge in [0, 0.05) is 44.5 Å². The number of carbonyl (C=O) groups is 1. The number of benzene rings is 1. The van der Waals surface area contributed by atoms with E-state index in [1.807, 2.05) is 0 Å². The van der Waals surface area contributed by atoms with Gasteiger partial charge in [-0.1, -0.05) is 0 Å². The van der Waals surface area contributed by atoms with Gasteiger partial charge < -0.3 is 14.4 Å². The van der Waals surface area contributed by atoms with Crippen molar-refractivity contribution in [2.24, 2.45) is 11.8 Å². The lowest BCUT2D eigenvalue weighted by Gasteiger charge is -2.42. The number of halogens is 2. The Hall–Kier alpha value is -1.53. The maximum absolute atomic E-state index is 13.4. The van der Waals surface area contributed by atoms with E-state index in [0.717, 1.165) is 69.6 Å². The summed E-state index contributed by atoms with van der Waals surface area (Å²) in [6.45, 7) is 3.52. The molecule has 3 fully saturated rings. The summed E-state index contributed by atoms with van der Waals surface area (Å²) in [4.78, 5) is 14.3. The Balaban J connectivity index is 1.32. The highest BCUT2D eigenvalue weighted by Crippen LogP contribution is 2.42. The summed E-state index contributed by atoms with van der Waals surface area (Å²) in [6, 6.07) is 2.98. The monoisotopic (exact) mass is 379 g/mol. The first-order chi connectivity index (χ1) is 13.1. The van der Waals surface area contributed by atoms with Gasteiger partial charge in [-0.2, -0.15) is 0 Å². The third kappa shape index (κ3) is 4.32. The van der Waals surface area contributed by atoms with Gasteiger partial charge in [0.2, 0.25) is 0 Å². The quantitative estimate of drug-likeness (QED) is 0.706. The van der Waals surface area contributed by atoms with Crippen molar-refractivity contribution in [1.82, 2.24) is 4.90 Å². The minimum absolute atomic E-state index is 0.0702. The fourth-order valence-corrected chi connectivity index (χ4v) is 4.45. The second kappa shape index (κ2) is 7.84. The molecule has 1 saturated carbocycles. The second-order valence-electron chi connectivity index (χ2n) is 8.16. The molecular weight excluding hydrogens is 352 g/mol. The van der Waals surface area contributed by atoms with Gasteiger partial charge in [0.15, 0.2) is 0 Å². The zero-order valence-corrected chi connectivity index (χ0v) is 15.6. The van der Waals surface area contributed by atoms with E-state index < -0.39 is 11.6 Å². The first kappa shape index (κ1) is 18.8. The van der Waals surface area contributed by atoms with Crippen molar-refractivity contribution in [3.8, 4) is 0 Å². The highest BCUT2D eigenvalue weighted by Gasteiger charge is 2.46. The molecule has 1 aromatic rings. The highest BCUT2D eigenvalue weighted by molar-refractivity contribution is 5.94. The molecule has 27 heavy (non-hydrogen) atoms. The van der Waals surface area contributed by atoms with E-state index >= 15 is 0 Å². The number of ether oxygens (including phenoxy) is 2. The van der Waals surface area contributed by atoms with Crippen LogP contribution in [0.3, 0.4) is 0 Å². The van der Waals surface area contributed by atoms with Gasteiger partial charge in [-0.15, -0.1) is 0 Å². The zero-order chi connectivity index (χ0) is 18.9. The number of rotatable bonds is 6. The van der Waals surface area contributed by atoms with E-state index in [2.05, 4.69) is 0 Å². The lowest BCUT2D eigenvalue weighted by molar-refractivity contribution is -0.0672. The fraction of sp³-hybridized carbons (Fsp3) is 0.667. The summed E-state index contributed by atoms with van der Waals surface area (Å²) in [5.41, 5.74) is -0.104. The van der Waals surface area contributed by atoms with Crippen LogP contribution >= 0.6 is 0 Å². The third-order valence-electron chi connectivity index (χ3n) is 6.27. The molecule has 1 aliphatic carbocycles. The molecule has 2 saturated heterocycles. The summed E-state index contributed by atoms with van der Waals surface area (Å²) >= 11 is 0. The topological polar surface area (TPSA) is 38.8 Å². The van der Waals surface area contributed by atoms with Gasteiger partial charge in [-0.3, -0.25) is 4.79 Å². The van der Waals surface area contributed by atoms with Crippen molar-refractivity contribution in [3.63, 3.8) is 0 Å². The molecule has 0 radical (unpaired) electrons.